The van der Waals surface area contributed by atoms with Crippen molar-refractivity contribution >= 4 is 17.6 Å². The number of nitrogens with two attached hydrogens (primary N) is 1. The minimum atomic E-state index is -1.11. The van der Waals surface area contributed by atoms with Gasteiger partial charge in [0.2, 0.25) is 0 Å². The Labute approximate surface area is 121 Å². The average molecular weight is 288 g/mol. The predicted molar refractivity (Wildman–Crippen MR) is 76.8 cm³/mol. The fourth-order valence-electron chi connectivity index (χ4n) is 1.84. The molecule has 0 bridgehead atoms. The maximum atomic E-state index is 12.1. The van der Waals surface area contributed by atoms with Crippen LogP contribution in [0.15, 0.2) is 30.7 Å². The van der Waals surface area contributed by atoms with Gasteiger partial charge in [-0.25, -0.2) is 9.78 Å². The summed E-state index contributed by atoms with van der Waals surface area (Å²) < 4.78 is 0. The van der Waals surface area contributed by atoms with Crippen molar-refractivity contribution in [3.8, 4) is 0 Å². The number of imidazole rings is 1. The van der Waals surface area contributed by atoms with Gasteiger partial charge in [0.05, 0.1) is 6.33 Å². The molecular formula is C14H16N4O3. The second-order valence-electron chi connectivity index (χ2n) is 4.72. The lowest BCUT2D eigenvalue weighted by Gasteiger charge is -2.14. The van der Waals surface area contributed by atoms with Gasteiger partial charge in [-0.2, -0.15) is 0 Å². The number of benzene rings is 1. The highest BCUT2D eigenvalue weighted by Crippen LogP contribution is 2.13. The molecule has 1 aromatic carbocycles. The second kappa shape index (κ2) is 6.08. The van der Waals surface area contributed by atoms with Gasteiger partial charge in [0.15, 0.2) is 0 Å². The Balaban J connectivity index is 2.10. The highest BCUT2D eigenvalue weighted by Gasteiger charge is 2.21. The number of carboxylic acid groups (broad SMARTS) is 1. The molecule has 0 saturated carbocycles. The maximum absolute atomic E-state index is 12.1. The lowest BCUT2D eigenvalue weighted by atomic mass is 10.1. The highest BCUT2D eigenvalue weighted by atomic mass is 16.4. The van der Waals surface area contributed by atoms with Crippen molar-refractivity contribution in [3.63, 3.8) is 0 Å². The van der Waals surface area contributed by atoms with Crippen molar-refractivity contribution in [1.82, 2.24) is 15.3 Å². The number of anilines is 1. The zero-order valence-electron chi connectivity index (χ0n) is 11.5. The number of carbonyl (C=O) groups excluding carboxylic acids is 1. The normalized spacial score (nSPS) is 11.9. The zero-order chi connectivity index (χ0) is 15.4. The Morgan fingerprint density at radius 1 is 1.48 bits per heavy atom. The summed E-state index contributed by atoms with van der Waals surface area (Å²) in [6, 6.07) is 3.81. The van der Waals surface area contributed by atoms with E-state index < -0.39 is 17.9 Å². The molecular weight excluding hydrogens is 272 g/mol. The van der Waals surface area contributed by atoms with Gasteiger partial charge in [-0.1, -0.05) is 6.07 Å². The van der Waals surface area contributed by atoms with Gasteiger partial charge >= 0.3 is 5.97 Å². The van der Waals surface area contributed by atoms with Crippen LogP contribution in [0.1, 0.15) is 21.6 Å². The van der Waals surface area contributed by atoms with Crippen LogP contribution in [0.2, 0.25) is 0 Å². The molecule has 1 heterocycles. The van der Waals surface area contributed by atoms with Crippen molar-refractivity contribution in [2.24, 2.45) is 0 Å². The van der Waals surface area contributed by atoms with E-state index in [1.165, 1.54) is 18.6 Å². The molecule has 0 aliphatic carbocycles. The molecule has 5 N–H and O–H groups in total. The summed E-state index contributed by atoms with van der Waals surface area (Å²) in [4.78, 5) is 30.0. The number of hydrogen-bond acceptors (Lipinski definition) is 4. The zero-order valence-corrected chi connectivity index (χ0v) is 11.5. The molecule has 0 fully saturated rings. The smallest absolute Gasteiger partial charge is 0.326 e. The second-order valence-corrected chi connectivity index (χ2v) is 4.72. The van der Waals surface area contributed by atoms with Crippen LogP contribution in [0, 0.1) is 6.92 Å². The van der Waals surface area contributed by atoms with Crippen LogP contribution in [0.25, 0.3) is 0 Å². The average Bonchev–Trinajstić information content (AvgIpc) is 2.93. The van der Waals surface area contributed by atoms with Crippen LogP contribution in [0.5, 0.6) is 0 Å². The van der Waals surface area contributed by atoms with Crippen molar-refractivity contribution in [2.45, 2.75) is 19.4 Å². The molecule has 0 spiro atoms. The molecule has 7 nitrogen and oxygen atoms in total. The van der Waals surface area contributed by atoms with Crippen molar-refractivity contribution in [2.75, 3.05) is 5.73 Å². The van der Waals surface area contributed by atoms with Crippen LogP contribution in [-0.4, -0.2) is 33.0 Å². The summed E-state index contributed by atoms with van der Waals surface area (Å²) in [5.74, 6) is -1.59. The number of aryl methyl sites for hydroxylation is 1. The first-order chi connectivity index (χ1) is 9.97. The van der Waals surface area contributed by atoms with Gasteiger partial charge in [-0.05, 0) is 24.6 Å². The molecule has 7 heteroatoms. The maximum Gasteiger partial charge on any atom is 0.326 e. The molecule has 1 aromatic heterocycles. The number of carbonyl (C=O) groups is 2. The number of aromatic amines is 1. The summed E-state index contributed by atoms with van der Waals surface area (Å²) in [5, 5.41) is 11.7. The molecule has 0 saturated heterocycles. The molecule has 21 heavy (non-hydrogen) atoms. The SMILES string of the molecule is Cc1ccc(C(=O)N[C@@H](Cc2cnc[nH]2)C(=O)O)cc1N. The monoisotopic (exact) mass is 288 g/mol. The first-order valence-corrected chi connectivity index (χ1v) is 6.34. The van der Waals surface area contributed by atoms with Crippen LogP contribution >= 0.6 is 0 Å². The van der Waals surface area contributed by atoms with E-state index in [1.807, 2.05) is 6.92 Å². The molecule has 0 radical (unpaired) electrons. The van der Waals surface area contributed by atoms with Crippen molar-refractivity contribution in [3.05, 3.63) is 47.5 Å². The van der Waals surface area contributed by atoms with Gasteiger partial charge < -0.3 is 21.1 Å². The molecule has 110 valence electrons. The number of nitrogens with zero attached hydrogens (tertiary/aromatic N) is 1. The Morgan fingerprint density at radius 2 is 2.24 bits per heavy atom. The van der Waals surface area contributed by atoms with E-state index in [1.54, 1.807) is 12.1 Å². The van der Waals surface area contributed by atoms with E-state index in [0.29, 0.717) is 16.9 Å². The van der Waals surface area contributed by atoms with E-state index in [9.17, 15) is 14.7 Å². The predicted octanol–water partition coefficient (Wildman–Crippen LogP) is 0.726. The molecule has 0 aliphatic heterocycles. The Hall–Kier alpha value is -2.83. The number of amides is 1. The third kappa shape index (κ3) is 3.59. The van der Waals surface area contributed by atoms with Gasteiger partial charge in [0.1, 0.15) is 6.04 Å². The van der Waals surface area contributed by atoms with Gasteiger partial charge in [0.25, 0.3) is 5.91 Å². The molecule has 2 aromatic rings. The number of H-pyrrole nitrogens is 1. The minimum absolute atomic E-state index is 0.127. The van der Waals surface area contributed by atoms with Crippen molar-refractivity contribution < 1.29 is 14.7 Å². The standard InChI is InChI=1S/C14H16N4O3/c1-8-2-3-9(4-11(8)15)13(19)18-12(14(20)21)5-10-6-16-7-17-10/h2-4,6-7,12H,5,15H2,1H3,(H,16,17)(H,18,19)(H,20,21)/t12-/m0/s1. The summed E-state index contributed by atoms with van der Waals surface area (Å²) in [6.07, 6.45) is 3.10. The van der Waals surface area contributed by atoms with Crippen LogP contribution < -0.4 is 11.1 Å². The summed E-state index contributed by atoms with van der Waals surface area (Å²) >= 11 is 0. The quantitative estimate of drug-likeness (QED) is 0.604. The van der Waals surface area contributed by atoms with Crippen LogP contribution in [0.3, 0.4) is 0 Å². The van der Waals surface area contributed by atoms with Gasteiger partial charge in [-0.15, -0.1) is 0 Å². The van der Waals surface area contributed by atoms with Gasteiger partial charge in [0, 0.05) is 29.6 Å². The fourth-order valence-corrected chi connectivity index (χ4v) is 1.84. The van der Waals surface area contributed by atoms with E-state index in [4.69, 9.17) is 5.73 Å². The third-order valence-electron chi connectivity index (χ3n) is 3.12. The Kier molecular flexibility index (Phi) is 4.22. The van der Waals surface area contributed by atoms with Gasteiger partial charge in [-0.3, -0.25) is 4.79 Å². The molecule has 1 atom stereocenters. The number of nitrogen functional groups attached to an aromatic ring is 1. The number of aliphatic carboxylic acids is 1. The van der Waals surface area contributed by atoms with Crippen LogP contribution in [0.4, 0.5) is 5.69 Å². The van der Waals surface area contributed by atoms with E-state index in [-0.39, 0.29) is 6.42 Å². The van der Waals surface area contributed by atoms with E-state index in [0.717, 1.165) is 5.56 Å². The first kappa shape index (κ1) is 14.6. The number of nitrogens with one attached hydrogen (secondary N) is 2. The third-order valence-corrected chi connectivity index (χ3v) is 3.12. The molecule has 0 unspecified atom stereocenters. The molecule has 0 aliphatic rings. The number of hydrogen-bond donors (Lipinski definition) is 4. The highest BCUT2D eigenvalue weighted by molar-refractivity contribution is 5.97. The summed E-state index contributed by atoms with van der Waals surface area (Å²) in [7, 11) is 0. The number of aromatic nitrogens is 2. The lowest BCUT2D eigenvalue weighted by Crippen LogP contribution is -2.42. The fraction of sp³-hybridized carbons (Fsp3) is 0.214. The Morgan fingerprint density at radius 3 is 2.81 bits per heavy atom. The van der Waals surface area contributed by atoms with Crippen molar-refractivity contribution in [1.29, 1.82) is 0 Å². The molecule has 2 rings (SSSR count). The minimum Gasteiger partial charge on any atom is -0.480 e. The number of carboxylic acids is 1. The Bertz CT molecular complexity index is 652. The summed E-state index contributed by atoms with van der Waals surface area (Å²) in [6.45, 7) is 1.83. The number of rotatable bonds is 5. The topological polar surface area (TPSA) is 121 Å². The summed E-state index contributed by atoms with van der Waals surface area (Å²) in [5.41, 5.74) is 8.06. The van der Waals surface area contributed by atoms with E-state index in [2.05, 4.69) is 15.3 Å². The molecule has 1 amide bonds. The van der Waals surface area contributed by atoms with E-state index >= 15 is 0 Å². The first-order valence-electron chi connectivity index (χ1n) is 6.34. The largest absolute Gasteiger partial charge is 0.480 e. The van der Waals surface area contributed by atoms with Crippen LogP contribution in [-0.2, 0) is 11.2 Å². The lowest BCUT2D eigenvalue weighted by molar-refractivity contribution is -0.139.